The average Bonchev–Trinajstić information content (AvgIpc) is 3.17. The molecule has 1 amide bonds. The number of likely N-dealkylation sites (tertiary alicyclic amines) is 1. The van der Waals surface area contributed by atoms with Crippen LogP contribution in [0.25, 0.3) is 0 Å². The normalized spacial score (nSPS) is 15.5. The summed E-state index contributed by atoms with van der Waals surface area (Å²) in [4.78, 5) is 16.7. The second kappa shape index (κ2) is 8.72. The third kappa shape index (κ3) is 4.76. The highest BCUT2D eigenvalue weighted by atomic mass is 16.6. The molecule has 0 spiro atoms. The number of amides is 1. The van der Waals surface area contributed by atoms with Crippen molar-refractivity contribution in [3.05, 3.63) is 60.2 Å². The minimum Gasteiger partial charge on any atom is -0.410 e. The monoisotopic (exact) mass is 353 g/mol. The van der Waals surface area contributed by atoms with Crippen molar-refractivity contribution in [2.24, 2.45) is 0 Å². The third-order valence-electron chi connectivity index (χ3n) is 4.77. The van der Waals surface area contributed by atoms with E-state index in [0.29, 0.717) is 12.3 Å². The van der Waals surface area contributed by atoms with Gasteiger partial charge in [0.15, 0.2) is 0 Å². The first-order valence-electron chi connectivity index (χ1n) is 9.15. The molecule has 0 aliphatic carbocycles. The zero-order valence-corrected chi connectivity index (χ0v) is 15.5. The van der Waals surface area contributed by atoms with Gasteiger partial charge >= 0.3 is 6.09 Å². The van der Waals surface area contributed by atoms with E-state index in [1.807, 2.05) is 32.3 Å². The van der Waals surface area contributed by atoms with Crippen LogP contribution in [0.1, 0.15) is 24.4 Å². The van der Waals surface area contributed by atoms with Gasteiger partial charge in [0.2, 0.25) is 0 Å². The molecule has 2 aromatic carbocycles. The summed E-state index contributed by atoms with van der Waals surface area (Å²) in [6.07, 6.45) is 2.01. The molecule has 3 rings (SSSR count). The molecular formula is C21H27N3O2. The third-order valence-corrected chi connectivity index (χ3v) is 4.77. The molecule has 0 saturated carbocycles. The topological polar surface area (TPSA) is 44.8 Å². The van der Waals surface area contributed by atoms with Gasteiger partial charge in [-0.1, -0.05) is 30.3 Å². The van der Waals surface area contributed by atoms with Crippen molar-refractivity contribution in [1.82, 2.24) is 10.2 Å². The smallest absolute Gasteiger partial charge is 0.410 e. The van der Waals surface area contributed by atoms with Crippen molar-refractivity contribution in [1.29, 1.82) is 0 Å². The summed E-state index contributed by atoms with van der Waals surface area (Å²) < 4.78 is 5.34. The zero-order chi connectivity index (χ0) is 18.4. The molecule has 1 heterocycles. The van der Waals surface area contributed by atoms with Gasteiger partial charge in [-0.15, -0.1) is 0 Å². The summed E-state index contributed by atoms with van der Waals surface area (Å²) in [7, 11) is 4.07. The quantitative estimate of drug-likeness (QED) is 0.860. The second-order valence-corrected chi connectivity index (χ2v) is 6.83. The van der Waals surface area contributed by atoms with Crippen LogP contribution >= 0.6 is 0 Å². The molecule has 2 aromatic rings. The van der Waals surface area contributed by atoms with Crippen molar-refractivity contribution in [3.8, 4) is 5.75 Å². The van der Waals surface area contributed by atoms with Crippen LogP contribution in [0.4, 0.5) is 10.5 Å². The molecule has 0 aromatic heterocycles. The van der Waals surface area contributed by atoms with E-state index in [0.717, 1.165) is 13.1 Å². The van der Waals surface area contributed by atoms with Gasteiger partial charge in [0.25, 0.3) is 0 Å². The number of carbonyl (C=O) groups is 1. The lowest BCUT2D eigenvalue weighted by Gasteiger charge is -2.28. The van der Waals surface area contributed by atoms with E-state index >= 15 is 0 Å². The zero-order valence-electron chi connectivity index (χ0n) is 15.5. The van der Waals surface area contributed by atoms with Crippen molar-refractivity contribution < 1.29 is 9.53 Å². The summed E-state index contributed by atoms with van der Waals surface area (Å²) in [6, 6.07) is 17.9. The van der Waals surface area contributed by atoms with Gasteiger partial charge in [-0.25, -0.2) is 4.79 Å². The second-order valence-electron chi connectivity index (χ2n) is 6.83. The van der Waals surface area contributed by atoms with Crippen LogP contribution < -0.4 is 15.0 Å². The van der Waals surface area contributed by atoms with Gasteiger partial charge in [0.05, 0.1) is 6.04 Å². The number of nitrogens with one attached hydrogen (secondary N) is 1. The van der Waals surface area contributed by atoms with Crippen molar-refractivity contribution >= 4 is 11.8 Å². The Morgan fingerprint density at radius 2 is 1.73 bits per heavy atom. The van der Waals surface area contributed by atoms with Crippen molar-refractivity contribution in [3.63, 3.8) is 0 Å². The number of hydrogen-bond donors (Lipinski definition) is 1. The number of rotatable bonds is 6. The molecule has 1 saturated heterocycles. The molecule has 138 valence electrons. The maximum absolute atomic E-state index is 12.1. The molecule has 0 bridgehead atoms. The Morgan fingerprint density at radius 3 is 2.35 bits per heavy atom. The molecule has 5 heteroatoms. The molecule has 26 heavy (non-hydrogen) atoms. The summed E-state index contributed by atoms with van der Waals surface area (Å²) in [5.41, 5.74) is 2.39. The fourth-order valence-electron chi connectivity index (χ4n) is 3.32. The lowest BCUT2D eigenvalue weighted by atomic mass is 10.0. The van der Waals surface area contributed by atoms with Gasteiger partial charge in [-0.05, 0) is 55.8 Å². The number of anilines is 1. The maximum atomic E-state index is 12.1. The van der Waals surface area contributed by atoms with Gasteiger partial charge in [0, 0.05) is 26.3 Å². The number of para-hydroxylation sites is 1. The Labute approximate surface area is 155 Å². The standard InChI is InChI=1S/C21H27N3O2/c1-23(2)18-12-10-17(11-13-18)20(24-14-6-7-15-24)16-22-21(25)26-19-8-4-3-5-9-19/h3-5,8-13,20H,6-7,14-16H2,1-2H3,(H,22,25). The number of nitrogens with zero attached hydrogens (tertiary/aromatic N) is 2. The average molecular weight is 353 g/mol. The van der Waals surface area contributed by atoms with E-state index in [9.17, 15) is 4.79 Å². The minimum absolute atomic E-state index is 0.164. The first kappa shape index (κ1) is 18.3. The molecule has 1 atom stereocenters. The van der Waals surface area contributed by atoms with Crippen LogP contribution in [0, 0.1) is 0 Å². The van der Waals surface area contributed by atoms with Crippen molar-refractivity contribution in [2.45, 2.75) is 18.9 Å². The summed E-state index contributed by atoms with van der Waals surface area (Å²) >= 11 is 0. The molecule has 5 nitrogen and oxygen atoms in total. The van der Waals surface area contributed by atoms with Crippen molar-refractivity contribution in [2.75, 3.05) is 38.6 Å². The fourth-order valence-corrected chi connectivity index (χ4v) is 3.32. The van der Waals surface area contributed by atoms with E-state index in [1.165, 1.54) is 24.1 Å². The number of benzene rings is 2. The molecule has 1 aliphatic heterocycles. The molecule has 0 radical (unpaired) electrons. The SMILES string of the molecule is CN(C)c1ccc(C(CNC(=O)Oc2ccccc2)N2CCCC2)cc1. The van der Waals surface area contributed by atoms with E-state index in [2.05, 4.69) is 39.4 Å². The Balaban J connectivity index is 1.65. The summed E-state index contributed by atoms with van der Waals surface area (Å²) in [5, 5.41) is 2.93. The number of hydrogen-bond acceptors (Lipinski definition) is 4. The van der Waals surface area contributed by atoms with Crippen LogP contribution in [0.15, 0.2) is 54.6 Å². The fraction of sp³-hybridized carbons (Fsp3) is 0.381. The van der Waals surface area contributed by atoms with Gasteiger partial charge in [-0.3, -0.25) is 4.90 Å². The number of ether oxygens (including phenoxy) is 1. The first-order valence-corrected chi connectivity index (χ1v) is 9.15. The largest absolute Gasteiger partial charge is 0.412 e. The van der Waals surface area contributed by atoms with Crippen LogP contribution in [0.5, 0.6) is 5.75 Å². The number of carbonyl (C=O) groups excluding carboxylic acids is 1. The van der Waals surface area contributed by atoms with Gasteiger partial charge in [0.1, 0.15) is 5.75 Å². The summed E-state index contributed by atoms with van der Waals surface area (Å²) in [5.74, 6) is 0.554. The van der Waals surface area contributed by atoms with E-state index in [-0.39, 0.29) is 6.04 Å². The maximum Gasteiger partial charge on any atom is 0.412 e. The Bertz CT molecular complexity index is 695. The van der Waals surface area contributed by atoms with Crippen LogP contribution in [0.3, 0.4) is 0 Å². The van der Waals surface area contributed by atoms with Gasteiger partial charge in [-0.2, -0.15) is 0 Å². The van der Waals surface area contributed by atoms with E-state index < -0.39 is 6.09 Å². The van der Waals surface area contributed by atoms with Crippen LogP contribution in [-0.2, 0) is 0 Å². The highest BCUT2D eigenvalue weighted by molar-refractivity contribution is 5.70. The highest BCUT2D eigenvalue weighted by Crippen LogP contribution is 2.26. The molecule has 1 aliphatic rings. The Morgan fingerprint density at radius 1 is 1.08 bits per heavy atom. The minimum atomic E-state index is -0.412. The highest BCUT2D eigenvalue weighted by Gasteiger charge is 2.24. The Hall–Kier alpha value is -2.53. The molecule has 1 unspecified atom stereocenters. The van der Waals surface area contributed by atoms with Gasteiger partial charge < -0.3 is 15.0 Å². The lowest BCUT2D eigenvalue weighted by Crippen LogP contribution is -2.38. The Kier molecular flexibility index (Phi) is 6.12. The molecule has 1 fully saturated rings. The summed E-state index contributed by atoms with van der Waals surface area (Å²) in [6.45, 7) is 2.66. The predicted molar refractivity (Wildman–Crippen MR) is 105 cm³/mol. The molecule has 1 N–H and O–H groups in total. The predicted octanol–water partition coefficient (Wildman–Crippen LogP) is 3.68. The van der Waals surface area contributed by atoms with Crippen LogP contribution in [-0.4, -0.2) is 44.7 Å². The van der Waals surface area contributed by atoms with E-state index in [1.54, 1.807) is 12.1 Å². The van der Waals surface area contributed by atoms with E-state index in [4.69, 9.17) is 4.74 Å². The van der Waals surface area contributed by atoms with Crippen LogP contribution in [0.2, 0.25) is 0 Å². The molecular weight excluding hydrogens is 326 g/mol. The first-order chi connectivity index (χ1) is 12.6. The lowest BCUT2D eigenvalue weighted by molar-refractivity contribution is 0.189.